The van der Waals surface area contributed by atoms with Crippen LogP contribution in [0.5, 0.6) is 0 Å². The van der Waals surface area contributed by atoms with Crippen molar-refractivity contribution in [3.63, 3.8) is 0 Å². The van der Waals surface area contributed by atoms with E-state index in [1.807, 2.05) is 4.90 Å². The van der Waals surface area contributed by atoms with Gasteiger partial charge < -0.3 is 10.2 Å². The summed E-state index contributed by atoms with van der Waals surface area (Å²) in [5.74, 6) is 0.206. The van der Waals surface area contributed by atoms with Gasteiger partial charge in [0.15, 0.2) is 5.82 Å². The fourth-order valence-electron chi connectivity index (χ4n) is 4.87. The highest BCUT2D eigenvalue weighted by Gasteiger charge is 2.43. The first-order valence-electron chi connectivity index (χ1n) is 10.8. The van der Waals surface area contributed by atoms with Crippen molar-refractivity contribution in [2.24, 2.45) is 0 Å². The average molecular weight is 410 g/mol. The van der Waals surface area contributed by atoms with Crippen molar-refractivity contribution < 1.29 is 9.59 Å². The largest absolute Gasteiger partial charge is 0.344 e. The first-order valence-corrected chi connectivity index (χ1v) is 10.8. The van der Waals surface area contributed by atoms with Crippen molar-refractivity contribution in [1.82, 2.24) is 19.6 Å². The van der Waals surface area contributed by atoms with Gasteiger partial charge in [-0.1, -0.05) is 18.2 Å². The van der Waals surface area contributed by atoms with E-state index in [4.69, 9.17) is 0 Å². The molecule has 160 valence electrons. The number of benzene rings is 1. The second-order valence-corrected chi connectivity index (χ2v) is 8.76. The third-order valence-electron chi connectivity index (χ3n) is 6.74. The van der Waals surface area contributed by atoms with Gasteiger partial charge in [0.25, 0.3) is 0 Å². The van der Waals surface area contributed by atoms with Crippen molar-refractivity contribution in [2.45, 2.75) is 58.5 Å². The van der Waals surface area contributed by atoms with Gasteiger partial charge in [-0.15, -0.1) is 5.10 Å². The van der Waals surface area contributed by atoms with Gasteiger partial charge in [-0.25, -0.2) is 4.79 Å². The molecule has 1 aromatic heterocycles. The topological polar surface area (TPSA) is 70.5 Å². The van der Waals surface area contributed by atoms with Crippen LogP contribution in [-0.4, -0.2) is 56.7 Å². The van der Waals surface area contributed by atoms with Gasteiger partial charge in [0, 0.05) is 44.4 Å². The zero-order valence-electron chi connectivity index (χ0n) is 18.1. The van der Waals surface area contributed by atoms with Gasteiger partial charge in [-0.3, -0.25) is 9.69 Å². The van der Waals surface area contributed by atoms with Crippen LogP contribution in [0.2, 0.25) is 0 Å². The predicted molar refractivity (Wildman–Crippen MR) is 116 cm³/mol. The summed E-state index contributed by atoms with van der Waals surface area (Å²) in [5.41, 5.74) is 4.25. The highest BCUT2D eigenvalue weighted by Crippen LogP contribution is 2.39. The number of rotatable bonds is 3. The van der Waals surface area contributed by atoms with Crippen molar-refractivity contribution >= 4 is 17.8 Å². The number of hydrogen-bond acceptors (Lipinski definition) is 4. The van der Waals surface area contributed by atoms with Crippen LogP contribution in [0.3, 0.4) is 0 Å². The lowest BCUT2D eigenvalue weighted by Crippen LogP contribution is -2.53. The molecule has 0 saturated carbocycles. The van der Waals surface area contributed by atoms with E-state index in [1.165, 1.54) is 41.1 Å². The summed E-state index contributed by atoms with van der Waals surface area (Å²) in [6.45, 7) is 9.33. The number of nitrogens with zero attached hydrogens (tertiary/aromatic N) is 4. The Morgan fingerprint density at radius 1 is 1.07 bits per heavy atom. The zero-order valence-corrected chi connectivity index (χ0v) is 18.1. The molecule has 1 aromatic carbocycles. The van der Waals surface area contributed by atoms with Crippen LogP contribution >= 0.6 is 0 Å². The van der Waals surface area contributed by atoms with Crippen molar-refractivity contribution in [3.05, 3.63) is 47.2 Å². The molecule has 2 aliphatic heterocycles. The first kappa shape index (κ1) is 20.6. The second kappa shape index (κ2) is 8.22. The van der Waals surface area contributed by atoms with E-state index < -0.39 is 0 Å². The van der Waals surface area contributed by atoms with Gasteiger partial charge in [-0.05, 0) is 62.8 Å². The zero-order chi connectivity index (χ0) is 21.3. The van der Waals surface area contributed by atoms with Crippen LogP contribution in [0.1, 0.15) is 49.3 Å². The molecule has 2 aromatic rings. The van der Waals surface area contributed by atoms with Crippen LogP contribution < -0.4 is 5.32 Å². The van der Waals surface area contributed by atoms with Gasteiger partial charge in [0.1, 0.15) is 0 Å². The number of piperidine rings is 1. The van der Waals surface area contributed by atoms with Gasteiger partial charge in [0.05, 0.1) is 0 Å². The highest BCUT2D eigenvalue weighted by molar-refractivity contribution is 5.87. The Morgan fingerprint density at radius 3 is 2.53 bits per heavy atom. The van der Waals surface area contributed by atoms with Crippen LogP contribution in [0.4, 0.5) is 10.6 Å². The molecule has 3 heterocycles. The lowest BCUT2D eigenvalue weighted by Gasteiger charge is -2.45. The molecule has 2 fully saturated rings. The summed E-state index contributed by atoms with van der Waals surface area (Å²) in [6.07, 6.45) is 6.01. The Morgan fingerprint density at radius 2 is 1.83 bits per heavy atom. The molecule has 7 heteroatoms. The summed E-state index contributed by atoms with van der Waals surface area (Å²) < 4.78 is 1.32. The molecule has 7 nitrogen and oxygen atoms in total. The van der Waals surface area contributed by atoms with E-state index in [1.54, 1.807) is 12.3 Å². The minimum atomic E-state index is -0.197. The molecule has 0 aliphatic carbocycles. The normalized spacial score (nSPS) is 18.7. The summed E-state index contributed by atoms with van der Waals surface area (Å²) in [4.78, 5) is 28.5. The Balaban J connectivity index is 1.39. The number of amides is 2. The SMILES string of the molecule is CC(=O)Nc1ccn(C(=O)N2CCC3(CCCN3Cc3ccc(C)c(C)c3)CC2)n1. The van der Waals surface area contributed by atoms with Crippen molar-refractivity contribution in [1.29, 1.82) is 0 Å². The van der Waals surface area contributed by atoms with E-state index in [2.05, 4.69) is 47.4 Å². The molecule has 2 amide bonds. The Hall–Kier alpha value is -2.67. The number of aromatic nitrogens is 2. The number of nitrogens with one attached hydrogen (secondary N) is 1. The number of likely N-dealkylation sites (tertiary alicyclic amines) is 2. The van der Waals surface area contributed by atoms with E-state index >= 15 is 0 Å². The smallest absolute Gasteiger partial charge is 0.323 e. The molecule has 0 unspecified atom stereocenters. The van der Waals surface area contributed by atoms with Crippen LogP contribution in [0.25, 0.3) is 0 Å². The number of hydrogen-bond donors (Lipinski definition) is 1. The van der Waals surface area contributed by atoms with Crippen molar-refractivity contribution in [2.75, 3.05) is 25.0 Å². The summed E-state index contributed by atoms with van der Waals surface area (Å²) in [5, 5.41) is 6.79. The highest BCUT2D eigenvalue weighted by atomic mass is 16.2. The fraction of sp³-hybridized carbons (Fsp3) is 0.522. The quantitative estimate of drug-likeness (QED) is 0.842. The monoisotopic (exact) mass is 409 g/mol. The summed E-state index contributed by atoms with van der Waals surface area (Å²) >= 11 is 0. The number of carbonyl (C=O) groups excluding carboxylic acids is 2. The fourth-order valence-corrected chi connectivity index (χ4v) is 4.87. The molecule has 2 saturated heterocycles. The first-order chi connectivity index (χ1) is 14.4. The average Bonchev–Trinajstić information content (AvgIpc) is 3.32. The lowest BCUT2D eigenvalue weighted by atomic mass is 9.84. The minimum absolute atomic E-state index is 0.125. The third-order valence-corrected chi connectivity index (χ3v) is 6.74. The Labute approximate surface area is 178 Å². The van der Waals surface area contributed by atoms with Crippen molar-refractivity contribution in [3.8, 4) is 0 Å². The maximum Gasteiger partial charge on any atom is 0.344 e. The third kappa shape index (κ3) is 4.12. The van der Waals surface area contributed by atoms with E-state index in [-0.39, 0.29) is 17.5 Å². The Kier molecular flexibility index (Phi) is 5.64. The molecule has 1 spiro atoms. The maximum atomic E-state index is 12.8. The predicted octanol–water partition coefficient (Wildman–Crippen LogP) is 3.56. The molecule has 0 radical (unpaired) electrons. The van der Waals surface area contributed by atoms with Crippen LogP contribution in [0.15, 0.2) is 30.5 Å². The molecule has 0 atom stereocenters. The van der Waals surface area contributed by atoms with Gasteiger partial charge in [-0.2, -0.15) is 4.68 Å². The van der Waals surface area contributed by atoms with E-state index in [0.29, 0.717) is 5.82 Å². The Bertz CT molecular complexity index is 943. The molecule has 0 bridgehead atoms. The van der Waals surface area contributed by atoms with E-state index in [9.17, 15) is 9.59 Å². The van der Waals surface area contributed by atoms with Gasteiger partial charge >= 0.3 is 6.03 Å². The van der Waals surface area contributed by atoms with Crippen LogP contribution in [0, 0.1) is 13.8 Å². The van der Waals surface area contributed by atoms with Gasteiger partial charge in [0.2, 0.25) is 5.91 Å². The molecule has 1 N–H and O–H groups in total. The summed E-state index contributed by atoms with van der Waals surface area (Å²) in [7, 11) is 0. The molecule has 2 aliphatic rings. The van der Waals surface area contributed by atoms with E-state index in [0.717, 1.165) is 39.0 Å². The molecular formula is C23H31N5O2. The molecule has 30 heavy (non-hydrogen) atoms. The van der Waals surface area contributed by atoms with Crippen LogP contribution in [-0.2, 0) is 11.3 Å². The second-order valence-electron chi connectivity index (χ2n) is 8.76. The number of aryl methyl sites for hydroxylation is 2. The molecular weight excluding hydrogens is 378 g/mol. The maximum absolute atomic E-state index is 12.8. The lowest BCUT2D eigenvalue weighted by molar-refractivity contribution is -0.114. The minimum Gasteiger partial charge on any atom is -0.323 e. The summed E-state index contributed by atoms with van der Waals surface area (Å²) in [6, 6.07) is 8.29. The number of carbonyl (C=O) groups is 2. The standard InChI is InChI=1S/C23H31N5O2/c1-17-5-6-20(15-18(17)2)16-27-11-4-8-23(27)9-13-26(14-10-23)22(30)28-12-7-21(25-28)24-19(3)29/h5-7,12,15H,4,8-11,13-14,16H2,1-3H3,(H,24,25,29). The number of anilines is 1. The molecule has 4 rings (SSSR count).